The van der Waals surface area contributed by atoms with Crippen molar-refractivity contribution in [2.75, 3.05) is 0 Å². The zero-order chi connectivity index (χ0) is 10.6. The fraction of sp³-hybridized carbons (Fsp3) is 0.538. The molecule has 1 N–H and O–H groups in total. The summed E-state index contributed by atoms with van der Waals surface area (Å²) in [5, 5.41) is 9.34. The van der Waals surface area contributed by atoms with Crippen molar-refractivity contribution in [3.63, 3.8) is 0 Å². The molecule has 0 fully saturated rings. The van der Waals surface area contributed by atoms with Crippen LogP contribution < -0.4 is 0 Å². The minimum Gasteiger partial charge on any atom is -0.512 e. The van der Waals surface area contributed by atoms with Crippen LogP contribution in [0, 0.1) is 11.8 Å². The van der Waals surface area contributed by atoms with Gasteiger partial charge >= 0.3 is 0 Å². The summed E-state index contributed by atoms with van der Waals surface area (Å²) in [6.07, 6.45) is 9.87. The fourth-order valence-electron chi connectivity index (χ4n) is 1.80. The molecule has 0 aliphatic heterocycles. The lowest BCUT2D eigenvalue weighted by molar-refractivity contribution is 0.402. The van der Waals surface area contributed by atoms with Gasteiger partial charge in [-0.3, -0.25) is 0 Å². The van der Waals surface area contributed by atoms with Gasteiger partial charge < -0.3 is 5.11 Å². The van der Waals surface area contributed by atoms with E-state index in [0.29, 0.717) is 18.1 Å². The molecular formula is C13H20O. The molecule has 78 valence electrons. The van der Waals surface area contributed by atoms with Gasteiger partial charge in [-0.25, -0.2) is 0 Å². The van der Waals surface area contributed by atoms with Gasteiger partial charge in [0.2, 0.25) is 0 Å². The molecule has 1 heteroatoms. The van der Waals surface area contributed by atoms with Crippen molar-refractivity contribution in [1.82, 2.24) is 0 Å². The van der Waals surface area contributed by atoms with Gasteiger partial charge in [0, 0.05) is 6.42 Å². The van der Waals surface area contributed by atoms with E-state index in [-0.39, 0.29) is 0 Å². The summed E-state index contributed by atoms with van der Waals surface area (Å²) in [6, 6.07) is 0. The zero-order valence-electron chi connectivity index (χ0n) is 9.33. The highest BCUT2D eigenvalue weighted by Crippen LogP contribution is 2.22. The molecule has 0 amide bonds. The van der Waals surface area contributed by atoms with E-state index < -0.39 is 0 Å². The largest absolute Gasteiger partial charge is 0.512 e. The Morgan fingerprint density at radius 1 is 1.29 bits per heavy atom. The van der Waals surface area contributed by atoms with Crippen LogP contribution in [0.3, 0.4) is 0 Å². The van der Waals surface area contributed by atoms with Gasteiger partial charge in [-0.1, -0.05) is 39.0 Å². The Bertz CT molecular complexity index is 269. The molecule has 0 aromatic heterocycles. The lowest BCUT2D eigenvalue weighted by Gasteiger charge is -2.14. The average Bonchev–Trinajstić information content (AvgIpc) is 2.28. The molecule has 14 heavy (non-hydrogen) atoms. The first-order valence-corrected chi connectivity index (χ1v) is 5.36. The van der Waals surface area contributed by atoms with Gasteiger partial charge in [0.15, 0.2) is 0 Å². The number of aliphatic hydroxyl groups is 1. The van der Waals surface area contributed by atoms with Crippen LogP contribution in [0.15, 0.2) is 35.6 Å². The molecule has 0 bridgehead atoms. The molecule has 0 spiro atoms. The predicted octanol–water partition coefficient (Wildman–Crippen LogP) is 4.00. The van der Waals surface area contributed by atoms with E-state index in [9.17, 15) is 5.11 Å². The van der Waals surface area contributed by atoms with E-state index in [1.165, 1.54) is 12.0 Å². The van der Waals surface area contributed by atoms with Crippen molar-refractivity contribution in [1.29, 1.82) is 0 Å². The van der Waals surface area contributed by atoms with E-state index in [4.69, 9.17) is 0 Å². The second-order valence-corrected chi connectivity index (χ2v) is 4.46. The Balaban J connectivity index is 2.67. The van der Waals surface area contributed by atoms with E-state index in [1.807, 2.05) is 18.2 Å². The van der Waals surface area contributed by atoms with Crippen molar-refractivity contribution in [2.45, 2.75) is 33.6 Å². The zero-order valence-corrected chi connectivity index (χ0v) is 9.33. The van der Waals surface area contributed by atoms with E-state index in [2.05, 4.69) is 26.8 Å². The predicted molar refractivity (Wildman–Crippen MR) is 61.2 cm³/mol. The molecule has 0 heterocycles. The third-order valence-electron chi connectivity index (χ3n) is 2.50. The van der Waals surface area contributed by atoms with E-state index in [1.54, 1.807) is 0 Å². The molecule has 1 unspecified atom stereocenters. The van der Waals surface area contributed by atoms with Crippen LogP contribution in [-0.4, -0.2) is 5.11 Å². The number of hydrogen-bond donors (Lipinski definition) is 1. The highest BCUT2D eigenvalue weighted by Gasteiger charge is 2.09. The van der Waals surface area contributed by atoms with Gasteiger partial charge in [-0.15, -0.1) is 0 Å². The highest BCUT2D eigenvalue weighted by atomic mass is 16.3. The summed E-state index contributed by atoms with van der Waals surface area (Å²) in [6.45, 7) is 6.72. The first-order chi connectivity index (χ1) is 6.59. The van der Waals surface area contributed by atoms with Gasteiger partial charge in [-0.2, -0.15) is 0 Å². The molecule has 1 aliphatic rings. The monoisotopic (exact) mass is 192 g/mol. The Kier molecular flexibility index (Phi) is 3.99. The number of hydrogen-bond acceptors (Lipinski definition) is 1. The molecular weight excluding hydrogens is 172 g/mol. The maximum atomic E-state index is 9.34. The first-order valence-electron chi connectivity index (χ1n) is 5.36. The van der Waals surface area contributed by atoms with Crippen LogP contribution in [0.5, 0.6) is 0 Å². The topological polar surface area (TPSA) is 20.2 Å². The lowest BCUT2D eigenvalue weighted by Crippen LogP contribution is -2.01. The second-order valence-electron chi connectivity index (χ2n) is 4.46. The Hall–Kier alpha value is -0.980. The molecule has 0 aromatic rings. The standard InChI is InChI=1S/C13H20O/c1-10(2)9-11(3)12-5-4-6-13(14)8-7-12/h4-5,7-8,10-11,14H,6,9H2,1-3H3. The smallest absolute Gasteiger partial charge is 0.0960 e. The summed E-state index contributed by atoms with van der Waals surface area (Å²) in [5.41, 5.74) is 1.32. The third kappa shape index (κ3) is 3.41. The molecule has 0 saturated carbocycles. The van der Waals surface area contributed by atoms with Crippen LogP contribution in [0.25, 0.3) is 0 Å². The molecule has 1 nitrogen and oxygen atoms in total. The molecule has 1 atom stereocenters. The van der Waals surface area contributed by atoms with E-state index in [0.717, 1.165) is 5.92 Å². The summed E-state index contributed by atoms with van der Waals surface area (Å²) >= 11 is 0. The van der Waals surface area contributed by atoms with Crippen molar-refractivity contribution < 1.29 is 5.11 Å². The van der Waals surface area contributed by atoms with Crippen LogP contribution in [0.1, 0.15) is 33.6 Å². The summed E-state index contributed by atoms with van der Waals surface area (Å²) < 4.78 is 0. The first kappa shape index (κ1) is 11.1. The van der Waals surface area contributed by atoms with Crippen molar-refractivity contribution in [3.8, 4) is 0 Å². The van der Waals surface area contributed by atoms with E-state index >= 15 is 0 Å². The Labute approximate surface area is 86.8 Å². The maximum absolute atomic E-state index is 9.34. The number of aliphatic hydroxyl groups excluding tert-OH is 1. The fourth-order valence-corrected chi connectivity index (χ4v) is 1.80. The van der Waals surface area contributed by atoms with Crippen molar-refractivity contribution >= 4 is 0 Å². The minimum absolute atomic E-state index is 0.452. The quantitative estimate of drug-likeness (QED) is 0.716. The molecule has 0 radical (unpaired) electrons. The second kappa shape index (κ2) is 5.04. The van der Waals surface area contributed by atoms with Gasteiger partial charge in [0.05, 0.1) is 5.76 Å². The van der Waals surface area contributed by atoms with Crippen molar-refractivity contribution in [3.05, 3.63) is 35.6 Å². The summed E-state index contributed by atoms with van der Waals surface area (Å²) in [4.78, 5) is 0. The van der Waals surface area contributed by atoms with Crippen LogP contribution >= 0.6 is 0 Å². The maximum Gasteiger partial charge on any atom is 0.0960 e. The summed E-state index contributed by atoms with van der Waals surface area (Å²) in [7, 11) is 0. The van der Waals surface area contributed by atoms with Crippen LogP contribution in [-0.2, 0) is 0 Å². The van der Waals surface area contributed by atoms with Gasteiger partial charge in [0.25, 0.3) is 0 Å². The average molecular weight is 192 g/mol. The molecule has 0 saturated heterocycles. The van der Waals surface area contributed by atoms with Crippen molar-refractivity contribution in [2.24, 2.45) is 11.8 Å². The molecule has 1 rings (SSSR count). The number of allylic oxidation sites excluding steroid dienone is 5. The Morgan fingerprint density at radius 2 is 2.00 bits per heavy atom. The molecule has 1 aliphatic carbocycles. The minimum atomic E-state index is 0.452. The van der Waals surface area contributed by atoms with Crippen LogP contribution in [0.2, 0.25) is 0 Å². The van der Waals surface area contributed by atoms with Gasteiger partial charge in [-0.05, 0) is 29.9 Å². The Morgan fingerprint density at radius 3 is 2.64 bits per heavy atom. The normalized spacial score (nSPS) is 18.9. The third-order valence-corrected chi connectivity index (χ3v) is 2.50. The number of rotatable bonds is 3. The van der Waals surface area contributed by atoms with Gasteiger partial charge in [0.1, 0.15) is 0 Å². The van der Waals surface area contributed by atoms with Crippen LogP contribution in [0.4, 0.5) is 0 Å². The SMILES string of the molecule is CC(C)CC(C)C1=CC=C(O)CC=C1. The lowest BCUT2D eigenvalue weighted by atomic mass is 9.91. The summed E-state index contributed by atoms with van der Waals surface area (Å²) in [5.74, 6) is 1.75. The highest BCUT2D eigenvalue weighted by molar-refractivity contribution is 5.30. The molecule has 0 aromatic carbocycles.